The number of morpholine rings is 1. The maximum atomic E-state index is 14.7. The summed E-state index contributed by atoms with van der Waals surface area (Å²) >= 11 is 0. The van der Waals surface area contributed by atoms with Crippen LogP contribution < -0.4 is 0 Å². The van der Waals surface area contributed by atoms with Crippen molar-refractivity contribution < 1.29 is 28.2 Å². The van der Waals surface area contributed by atoms with Gasteiger partial charge in [-0.2, -0.15) is 0 Å². The van der Waals surface area contributed by atoms with Gasteiger partial charge < -0.3 is 19.1 Å². The molecule has 2 amide bonds. The summed E-state index contributed by atoms with van der Waals surface area (Å²) in [5.41, 5.74) is -0.779. The SMILES string of the molecule is C#CC1CC(OC(=O)N2CCOCC2)C(F)N1C(=O)OC(C)(C)C. The third-order valence-corrected chi connectivity index (χ3v) is 3.68. The Hall–Kier alpha value is -2.01. The van der Waals surface area contributed by atoms with E-state index >= 15 is 0 Å². The Morgan fingerprint density at radius 3 is 2.42 bits per heavy atom. The van der Waals surface area contributed by atoms with Crippen LogP contribution in [0, 0.1) is 12.3 Å². The average molecular weight is 342 g/mol. The van der Waals surface area contributed by atoms with Crippen LogP contribution >= 0.6 is 0 Å². The van der Waals surface area contributed by atoms with Crippen molar-refractivity contribution in [3.8, 4) is 12.3 Å². The van der Waals surface area contributed by atoms with Gasteiger partial charge in [0.05, 0.1) is 13.2 Å². The fraction of sp³-hybridized carbons (Fsp3) is 0.750. The molecule has 2 aliphatic heterocycles. The lowest BCUT2D eigenvalue weighted by Crippen LogP contribution is -2.46. The van der Waals surface area contributed by atoms with Gasteiger partial charge in [0.1, 0.15) is 11.6 Å². The molecular weight excluding hydrogens is 319 g/mol. The summed E-state index contributed by atoms with van der Waals surface area (Å²) in [5, 5.41) is 0. The number of carbonyl (C=O) groups is 2. The highest BCUT2D eigenvalue weighted by Crippen LogP contribution is 2.30. The minimum Gasteiger partial charge on any atom is -0.444 e. The normalized spacial score (nSPS) is 27.5. The number of likely N-dealkylation sites (tertiary alicyclic amines) is 1. The third-order valence-electron chi connectivity index (χ3n) is 3.68. The molecule has 2 saturated heterocycles. The highest BCUT2D eigenvalue weighted by atomic mass is 19.1. The number of amides is 2. The third kappa shape index (κ3) is 4.29. The van der Waals surface area contributed by atoms with Crippen molar-refractivity contribution >= 4 is 12.2 Å². The second-order valence-corrected chi connectivity index (χ2v) is 6.70. The Labute approximate surface area is 141 Å². The van der Waals surface area contributed by atoms with Gasteiger partial charge >= 0.3 is 12.2 Å². The number of halogens is 1. The molecule has 2 heterocycles. The van der Waals surface area contributed by atoms with Gasteiger partial charge in [-0.1, -0.05) is 5.92 Å². The zero-order chi connectivity index (χ0) is 17.9. The molecule has 0 aromatic rings. The van der Waals surface area contributed by atoms with Crippen LogP contribution in [0.4, 0.5) is 14.0 Å². The van der Waals surface area contributed by atoms with E-state index in [1.54, 1.807) is 20.8 Å². The summed E-state index contributed by atoms with van der Waals surface area (Å²) in [6.07, 6.45) is 0.976. The standard InChI is InChI=1S/C16H23FN2O5/c1-5-11-10-12(23-14(20)18-6-8-22-9-7-18)13(17)19(11)15(21)24-16(2,3)4/h1,11-13H,6-10H2,2-4H3. The van der Waals surface area contributed by atoms with E-state index < -0.39 is 36.2 Å². The Bertz CT molecular complexity index is 522. The largest absolute Gasteiger partial charge is 0.444 e. The molecule has 0 spiro atoms. The number of terminal acetylenes is 1. The van der Waals surface area contributed by atoms with Crippen molar-refractivity contribution in [1.29, 1.82) is 0 Å². The number of hydrogen-bond donors (Lipinski definition) is 0. The Morgan fingerprint density at radius 2 is 1.88 bits per heavy atom. The first kappa shape index (κ1) is 18.3. The molecule has 2 rings (SSSR count). The predicted octanol–water partition coefficient (Wildman–Crippen LogP) is 1.76. The number of nitrogens with zero attached hydrogens (tertiary/aromatic N) is 2. The first-order chi connectivity index (χ1) is 11.2. The summed E-state index contributed by atoms with van der Waals surface area (Å²) in [4.78, 5) is 26.5. The van der Waals surface area contributed by atoms with Crippen LogP contribution in [0.15, 0.2) is 0 Å². The second-order valence-electron chi connectivity index (χ2n) is 6.70. The van der Waals surface area contributed by atoms with Crippen LogP contribution in [0.2, 0.25) is 0 Å². The maximum Gasteiger partial charge on any atom is 0.413 e. The summed E-state index contributed by atoms with van der Waals surface area (Å²) in [5.74, 6) is 2.35. The van der Waals surface area contributed by atoms with Gasteiger partial charge in [0.2, 0.25) is 6.30 Å². The zero-order valence-electron chi connectivity index (χ0n) is 14.2. The van der Waals surface area contributed by atoms with E-state index in [1.165, 1.54) is 4.90 Å². The van der Waals surface area contributed by atoms with E-state index in [2.05, 4.69) is 5.92 Å². The lowest BCUT2D eigenvalue weighted by molar-refractivity contribution is -0.0318. The van der Waals surface area contributed by atoms with Crippen molar-refractivity contribution in [2.24, 2.45) is 0 Å². The molecule has 0 aliphatic carbocycles. The lowest BCUT2D eigenvalue weighted by Gasteiger charge is -2.29. The number of carbonyl (C=O) groups excluding carboxylic acids is 2. The zero-order valence-corrected chi connectivity index (χ0v) is 14.2. The summed E-state index contributed by atoms with van der Waals surface area (Å²) in [7, 11) is 0. The summed E-state index contributed by atoms with van der Waals surface area (Å²) in [6.45, 7) is 6.62. The number of hydrogen-bond acceptors (Lipinski definition) is 5. The Balaban J connectivity index is 2.01. The molecule has 2 aliphatic rings. The van der Waals surface area contributed by atoms with Gasteiger partial charge in [-0.15, -0.1) is 6.42 Å². The second kappa shape index (κ2) is 7.26. The van der Waals surface area contributed by atoms with Crippen LogP contribution in [0.1, 0.15) is 27.2 Å². The van der Waals surface area contributed by atoms with Crippen molar-refractivity contribution in [1.82, 2.24) is 9.80 Å². The molecule has 7 nitrogen and oxygen atoms in total. The summed E-state index contributed by atoms with van der Waals surface area (Å²) < 4.78 is 30.2. The van der Waals surface area contributed by atoms with Gasteiger partial charge in [0.15, 0.2) is 6.10 Å². The van der Waals surface area contributed by atoms with Crippen LogP contribution in [0.5, 0.6) is 0 Å². The van der Waals surface area contributed by atoms with Crippen molar-refractivity contribution in [2.75, 3.05) is 26.3 Å². The Morgan fingerprint density at radius 1 is 1.25 bits per heavy atom. The first-order valence-corrected chi connectivity index (χ1v) is 7.88. The topological polar surface area (TPSA) is 68.3 Å². The lowest BCUT2D eigenvalue weighted by atomic mass is 10.2. The molecule has 3 atom stereocenters. The van der Waals surface area contributed by atoms with Gasteiger partial charge in [-0.25, -0.2) is 14.0 Å². The van der Waals surface area contributed by atoms with Crippen molar-refractivity contribution in [3.63, 3.8) is 0 Å². The highest BCUT2D eigenvalue weighted by Gasteiger charge is 2.47. The minimum atomic E-state index is -1.84. The van der Waals surface area contributed by atoms with Gasteiger partial charge in [0.25, 0.3) is 0 Å². The summed E-state index contributed by atoms with van der Waals surface area (Å²) in [6, 6.07) is -0.822. The van der Waals surface area contributed by atoms with Crippen LogP contribution in [-0.4, -0.2) is 72.3 Å². The van der Waals surface area contributed by atoms with E-state index in [0.29, 0.717) is 26.3 Å². The Kier molecular flexibility index (Phi) is 5.54. The van der Waals surface area contributed by atoms with E-state index in [0.717, 1.165) is 4.90 Å². The molecule has 134 valence electrons. The molecule has 0 radical (unpaired) electrons. The monoisotopic (exact) mass is 342 g/mol. The first-order valence-electron chi connectivity index (χ1n) is 7.88. The minimum absolute atomic E-state index is 0.0347. The highest BCUT2D eigenvalue weighted by molar-refractivity contribution is 5.71. The average Bonchev–Trinajstić information content (AvgIpc) is 2.82. The molecule has 0 aromatic heterocycles. The van der Waals surface area contributed by atoms with E-state index in [4.69, 9.17) is 20.6 Å². The van der Waals surface area contributed by atoms with E-state index in [9.17, 15) is 14.0 Å². The van der Waals surface area contributed by atoms with Crippen LogP contribution in [0.3, 0.4) is 0 Å². The molecule has 3 unspecified atom stereocenters. The van der Waals surface area contributed by atoms with Gasteiger partial charge in [-0.3, -0.25) is 4.90 Å². The molecule has 0 N–H and O–H groups in total. The molecule has 8 heteroatoms. The van der Waals surface area contributed by atoms with Crippen LogP contribution in [-0.2, 0) is 14.2 Å². The smallest absolute Gasteiger partial charge is 0.413 e. The van der Waals surface area contributed by atoms with E-state index in [-0.39, 0.29) is 6.42 Å². The molecule has 0 aromatic carbocycles. The number of ether oxygens (including phenoxy) is 3. The van der Waals surface area contributed by atoms with Crippen molar-refractivity contribution in [3.05, 3.63) is 0 Å². The van der Waals surface area contributed by atoms with Crippen molar-refractivity contribution in [2.45, 2.75) is 51.2 Å². The molecule has 2 fully saturated rings. The fourth-order valence-electron chi connectivity index (χ4n) is 2.54. The maximum absolute atomic E-state index is 14.7. The number of alkyl halides is 1. The fourth-order valence-corrected chi connectivity index (χ4v) is 2.54. The quantitative estimate of drug-likeness (QED) is 0.537. The predicted molar refractivity (Wildman–Crippen MR) is 82.9 cm³/mol. The van der Waals surface area contributed by atoms with E-state index in [1.807, 2.05) is 0 Å². The molecule has 0 bridgehead atoms. The molecular formula is C16H23FN2O5. The van der Waals surface area contributed by atoms with Gasteiger partial charge in [-0.05, 0) is 20.8 Å². The van der Waals surface area contributed by atoms with Gasteiger partial charge in [0, 0.05) is 19.5 Å². The van der Waals surface area contributed by atoms with Crippen LogP contribution in [0.25, 0.3) is 0 Å². The molecule has 0 saturated carbocycles. The molecule has 24 heavy (non-hydrogen) atoms. The number of rotatable bonds is 1.